The Hall–Kier alpha value is -0.670. The number of sulfonamides is 1. The summed E-state index contributed by atoms with van der Waals surface area (Å²) in [5.41, 5.74) is 4.76. The zero-order valence-electron chi connectivity index (χ0n) is 9.92. The molecule has 0 aromatic carbocycles. The van der Waals surface area contributed by atoms with E-state index in [1.54, 1.807) is 12.3 Å². The van der Waals surface area contributed by atoms with E-state index >= 15 is 0 Å². The highest BCUT2D eigenvalue weighted by Crippen LogP contribution is 2.26. The zero-order chi connectivity index (χ0) is 13.4. The maximum atomic E-state index is 11.9. The number of nitrogen functional groups attached to an aromatic ring is 1. The molecule has 2 rings (SSSR count). The molecule has 8 heteroatoms. The van der Waals surface area contributed by atoms with E-state index < -0.39 is 15.6 Å². The Bertz CT molecular complexity index is 528. The molecule has 0 radical (unpaired) electrons. The molecule has 0 spiro atoms. The summed E-state index contributed by atoms with van der Waals surface area (Å²) in [5, 5.41) is 11.8. The first-order valence-electron chi connectivity index (χ1n) is 5.51. The fourth-order valence-corrected chi connectivity index (χ4v) is 3.99. The first kappa shape index (κ1) is 13.8. The van der Waals surface area contributed by atoms with Gasteiger partial charge in [-0.1, -0.05) is 0 Å². The van der Waals surface area contributed by atoms with Crippen LogP contribution in [0.25, 0.3) is 0 Å². The van der Waals surface area contributed by atoms with Crippen molar-refractivity contribution in [1.29, 1.82) is 0 Å². The van der Waals surface area contributed by atoms with Crippen LogP contribution in [0.5, 0.6) is 0 Å². The smallest absolute Gasteiger partial charge is 0.250 e. The van der Waals surface area contributed by atoms with Gasteiger partial charge >= 0.3 is 0 Å². The summed E-state index contributed by atoms with van der Waals surface area (Å²) in [6.45, 7) is 2.10. The molecule has 0 amide bonds. The highest BCUT2D eigenvalue weighted by molar-refractivity contribution is 7.91. The van der Waals surface area contributed by atoms with Gasteiger partial charge < -0.3 is 15.6 Å². The normalized spacial score (nSPS) is 28.7. The van der Waals surface area contributed by atoms with Crippen molar-refractivity contribution >= 4 is 27.0 Å². The van der Waals surface area contributed by atoms with Gasteiger partial charge in [-0.2, -0.15) is 0 Å². The molecule has 6 nitrogen and oxygen atoms in total. The average Bonchev–Trinajstić information content (AvgIpc) is 2.86. The molecular formula is C10H16N2O4S2. The number of thiophene rings is 1. The van der Waals surface area contributed by atoms with Gasteiger partial charge in [0.1, 0.15) is 9.81 Å². The van der Waals surface area contributed by atoms with Gasteiger partial charge in [-0.3, -0.25) is 0 Å². The number of rotatable bonds is 4. The number of hydrogen-bond acceptors (Lipinski definition) is 6. The standard InChI is InChI=1S/C10H16N2O4S2/c1-7-10(13,2-3-16-7)6-12-18(14,15)9-4-8(11)5-17-9/h4-5,7,12-13H,2-3,6,11H2,1H3. The summed E-state index contributed by atoms with van der Waals surface area (Å²) in [4.78, 5) is 0. The molecule has 1 aromatic rings. The Morgan fingerprint density at radius 2 is 2.44 bits per heavy atom. The lowest BCUT2D eigenvalue weighted by Crippen LogP contribution is -2.47. The molecule has 1 aliphatic rings. The van der Waals surface area contributed by atoms with Gasteiger partial charge in [0.05, 0.1) is 6.10 Å². The minimum Gasteiger partial charge on any atom is -0.398 e. The largest absolute Gasteiger partial charge is 0.398 e. The van der Waals surface area contributed by atoms with Crippen molar-refractivity contribution < 1.29 is 18.3 Å². The predicted octanol–water partition coefficient (Wildman–Crippen LogP) is 0.148. The first-order valence-corrected chi connectivity index (χ1v) is 7.87. The molecule has 1 saturated heterocycles. The van der Waals surface area contributed by atoms with Gasteiger partial charge in [-0.05, 0) is 13.0 Å². The van der Waals surface area contributed by atoms with Crippen molar-refractivity contribution in [1.82, 2.24) is 4.72 Å². The van der Waals surface area contributed by atoms with Gasteiger partial charge in [-0.25, -0.2) is 13.1 Å². The molecule has 1 aliphatic heterocycles. The van der Waals surface area contributed by atoms with Gasteiger partial charge in [0.2, 0.25) is 10.0 Å². The lowest BCUT2D eigenvalue weighted by molar-refractivity contribution is -0.0228. The second-order valence-corrected chi connectivity index (χ2v) is 7.30. The summed E-state index contributed by atoms with van der Waals surface area (Å²) in [7, 11) is -3.62. The Morgan fingerprint density at radius 3 is 2.94 bits per heavy atom. The van der Waals surface area contributed by atoms with Gasteiger partial charge in [-0.15, -0.1) is 11.3 Å². The second kappa shape index (κ2) is 4.78. The van der Waals surface area contributed by atoms with E-state index in [0.29, 0.717) is 18.7 Å². The van der Waals surface area contributed by atoms with E-state index in [1.807, 2.05) is 0 Å². The number of anilines is 1. The quantitative estimate of drug-likeness (QED) is 0.733. The molecular weight excluding hydrogens is 276 g/mol. The fraction of sp³-hybridized carbons (Fsp3) is 0.600. The molecule has 0 aliphatic carbocycles. The minimum absolute atomic E-state index is 0.0612. The van der Waals surface area contributed by atoms with Crippen molar-refractivity contribution in [3.8, 4) is 0 Å². The molecule has 4 N–H and O–H groups in total. The third-order valence-corrected chi connectivity index (χ3v) is 5.95. The van der Waals surface area contributed by atoms with Gasteiger partial charge in [0.25, 0.3) is 0 Å². The van der Waals surface area contributed by atoms with Gasteiger partial charge in [0, 0.05) is 30.6 Å². The van der Waals surface area contributed by atoms with E-state index in [0.717, 1.165) is 11.3 Å². The second-order valence-electron chi connectivity index (χ2n) is 4.39. The number of hydrogen-bond donors (Lipinski definition) is 3. The summed E-state index contributed by atoms with van der Waals surface area (Å²) in [6.07, 6.45) is 0.0390. The Balaban J connectivity index is 2.06. The van der Waals surface area contributed by atoms with E-state index in [2.05, 4.69) is 4.72 Å². The zero-order valence-corrected chi connectivity index (χ0v) is 11.6. The monoisotopic (exact) mass is 292 g/mol. The molecule has 2 heterocycles. The summed E-state index contributed by atoms with van der Waals surface area (Å²) in [5.74, 6) is 0. The Labute approximate surface area is 110 Å². The fourth-order valence-electron chi connectivity index (χ4n) is 1.77. The van der Waals surface area contributed by atoms with E-state index in [4.69, 9.17) is 10.5 Å². The molecule has 1 aromatic heterocycles. The van der Waals surface area contributed by atoms with Crippen LogP contribution < -0.4 is 10.5 Å². The maximum absolute atomic E-state index is 11.9. The van der Waals surface area contributed by atoms with Crippen LogP contribution in [0.15, 0.2) is 15.7 Å². The molecule has 102 valence electrons. The number of aliphatic hydroxyl groups is 1. The summed E-state index contributed by atoms with van der Waals surface area (Å²) in [6, 6.07) is 1.39. The molecule has 2 unspecified atom stereocenters. The van der Waals surface area contributed by atoms with Crippen LogP contribution in [0.1, 0.15) is 13.3 Å². The lowest BCUT2D eigenvalue weighted by atomic mass is 9.97. The number of nitrogens with one attached hydrogen (secondary N) is 1. The molecule has 0 saturated carbocycles. The van der Waals surface area contributed by atoms with Crippen LogP contribution in [0, 0.1) is 0 Å². The third kappa shape index (κ3) is 2.67. The molecule has 2 atom stereocenters. The SMILES string of the molecule is CC1OCCC1(O)CNS(=O)(=O)c1cc(N)cs1. The lowest BCUT2D eigenvalue weighted by Gasteiger charge is -2.25. The van der Waals surface area contributed by atoms with Crippen LogP contribution in [0.4, 0.5) is 5.69 Å². The van der Waals surface area contributed by atoms with E-state index in [9.17, 15) is 13.5 Å². The Kier molecular flexibility index (Phi) is 3.65. The van der Waals surface area contributed by atoms with Crippen LogP contribution in [0.2, 0.25) is 0 Å². The van der Waals surface area contributed by atoms with Crippen molar-refractivity contribution in [2.45, 2.75) is 29.3 Å². The number of nitrogens with two attached hydrogens (primary N) is 1. The highest BCUT2D eigenvalue weighted by Gasteiger charge is 2.40. The van der Waals surface area contributed by atoms with Crippen molar-refractivity contribution in [3.63, 3.8) is 0 Å². The third-order valence-electron chi connectivity index (χ3n) is 3.09. The predicted molar refractivity (Wildman–Crippen MR) is 68.9 cm³/mol. The molecule has 0 bridgehead atoms. The van der Waals surface area contributed by atoms with Crippen LogP contribution in [-0.4, -0.2) is 38.4 Å². The van der Waals surface area contributed by atoms with Crippen molar-refractivity contribution in [2.24, 2.45) is 0 Å². The summed E-state index contributed by atoms with van der Waals surface area (Å²) < 4.78 is 31.7. The maximum Gasteiger partial charge on any atom is 0.250 e. The first-order chi connectivity index (χ1) is 8.33. The summed E-state index contributed by atoms with van der Waals surface area (Å²) >= 11 is 1.05. The van der Waals surface area contributed by atoms with Crippen LogP contribution >= 0.6 is 11.3 Å². The number of ether oxygens (including phenoxy) is 1. The topological polar surface area (TPSA) is 102 Å². The molecule has 1 fully saturated rings. The van der Waals surface area contributed by atoms with Gasteiger partial charge in [0.15, 0.2) is 0 Å². The van der Waals surface area contributed by atoms with Crippen molar-refractivity contribution in [2.75, 3.05) is 18.9 Å². The van der Waals surface area contributed by atoms with Crippen LogP contribution in [-0.2, 0) is 14.8 Å². The average molecular weight is 292 g/mol. The van der Waals surface area contributed by atoms with E-state index in [1.165, 1.54) is 6.07 Å². The van der Waals surface area contributed by atoms with Crippen LogP contribution in [0.3, 0.4) is 0 Å². The Morgan fingerprint density at radius 1 is 1.72 bits per heavy atom. The minimum atomic E-state index is -3.62. The highest BCUT2D eigenvalue weighted by atomic mass is 32.2. The molecule has 18 heavy (non-hydrogen) atoms. The van der Waals surface area contributed by atoms with Crippen molar-refractivity contribution in [3.05, 3.63) is 11.4 Å². The van der Waals surface area contributed by atoms with E-state index in [-0.39, 0.29) is 16.9 Å².